The number of hydrogen-bond donors (Lipinski definition) is 1. The number of halogens is 3. The summed E-state index contributed by atoms with van der Waals surface area (Å²) in [5.74, 6) is -0.490. The Morgan fingerprint density at radius 2 is 1.76 bits per heavy atom. The summed E-state index contributed by atoms with van der Waals surface area (Å²) in [5, 5.41) is 2.59. The SMILES string of the molecule is CC(C)(C)OC(=O)NCCCCl.Cc1cc(F)cc(F)c1. The molecule has 6 heteroatoms. The fourth-order valence-electron chi connectivity index (χ4n) is 1.26. The lowest BCUT2D eigenvalue weighted by Gasteiger charge is -2.19. The summed E-state index contributed by atoms with van der Waals surface area (Å²) in [5.41, 5.74) is 0.179. The van der Waals surface area contributed by atoms with E-state index in [9.17, 15) is 13.6 Å². The number of carbonyl (C=O) groups excluding carboxylic acids is 1. The van der Waals surface area contributed by atoms with E-state index in [1.54, 1.807) is 6.92 Å². The molecule has 0 aliphatic heterocycles. The van der Waals surface area contributed by atoms with Crippen molar-refractivity contribution in [2.75, 3.05) is 12.4 Å². The third-order valence-corrected chi connectivity index (χ3v) is 2.25. The van der Waals surface area contributed by atoms with Crippen LogP contribution in [-0.4, -0.2) is 24.1 Å². The topological polar surface area (TPSA) is 38.3 Å². The van der Waals surface area contributed by atoms with Crippen LogP contribution in [0.2, 0.25) is 0 Å². The standard InChI is InChI=1S/C8H16ClNO2.C7H6F2/c1-8(2,3)12-7(11)10-6-4-5-9;1-5-2-6(8)4-7(9)3-5/h4-6H2,1-3H3,(H,10,11);2-4H,1H3. The van der Waals surface area contributed by atoms with Gasteiger partial charge in [0.15, 0.2) is 0 Å². The molecule has 0 bridgehead atoms. The smallest absolute Gasteiger partial charge is 0.407 e. The average Bonchev–Trinajstić information content (AvgIpc) is 2.25. The number of hydrogen-bond acceptors (Lipinski definition) is 2. The van der Waals surface area contributed by atoms with Gasteiger partial charge < -0.3 is 10.1 Å². The maximum Gasteiger partial charge on any atom is 0.407 e. The van der Waals surface area contributed by atoms with Gasteiger partial charge in [0.2, 0.25) is 0 Å². The Kier molecular flexibility index (Phi) is 8.93. The molecular formula is C15H22ClF2NO2. The summed E-state index contributed by atoms with van der Waals surface area (Å²) >= 11 is 5.43. The van der Waals surface area contributed by atoms with Crippen molar-refractivity contribution in [2.45, 2.75) is 39.7 Å². The zero-order valence-electron chi connectivity index (χ0n) is 12.8. The third-order valence-electron chi connectivity index (χ3n) is 1.99. The lowest BCUT2D eigenvalue weighted by Crippen LogP contribution is -2.33. The number of rotatable bonds is 3. The van der Waals surface area contributed by atoms with E-state index < -0.39 is 17.2 Å². The lowest BCUT2D eigenvalue weighted by molar-refractivity contribution is 0.0528. The van der Waals surface area contributed by atoms with Crippen molar-refractivity contribution in [1.29, 1.82) is 0 Å². The largest absolute Gasteiger partial charge is 0.444 e. The number of ether oxygens (including phenoxy) is 1. The third kappa shape index (κ3) is 12.1. The predicted molar refractivity (Wildman–Crippen MR) is 80.7 cm³/mol. The second-order valence-electron chi connectivity index (χ2n) is 5.42. The number of aryl methyl sites for hydroxylation is 1. The number of carbonyl (C=O) groups is 1. The summed E-state index contributed by atoms with van der Waals surface area (Å²) in [6, 6.07) is 3.42. The molecule has 0 unspecified atom stereocenters. The average molecular weight is 322 g/mol. The molecule has 0 aliphatic carbocycles. The van der Waals surface area contributed by atoms with Gasteiger partial charge in [0.1, 0.15) is 17.2 Å². The zero-order chi connectivity index (χ0) is 16.5. The van der Waals surface area contributed by atoms with E-state index in [1.165, 1.54) is 12.1 Å². The second-order valence-corrected chi connectivity index (χ2v) is 5.80. The van der Waals surface area contributed by atoms with Gasteiger partial charge in [0.25, 0.3) is 0 Å². The summed E-state index contributed by atoms with van der Waals surface area (Å²) < 4.78 is 29.4. The quantitative estimate of drug-likeness (QED) is 0.661. The van der Waals surface area contributed by atoms with Gasteiger partial charge in [-0.25, -0.2) is 13.6 Å². The highest BCUT2D eigenvalue weighted by molar-refractivity contribution is 6.17. The maximum absolute atomic E-state index is 12.2. The minimum absolute atomic E-state index is 0.382. The minimum Gasteiger partial charge on any atom is -0.444 e. The predicted octanol–water partition coefficient (Wildman–Crippen LogP) is 4.41. The van der Waals surface area contributed by atoms with Crippen molar-refractivity contribution in [3.63, 3.8) is 0 Å². The Labute approximate surface area is 129 Å². The zero-order valence-corrected chi connectivity index (χ0v) is 13.6. The molecule has 0 spiro atoms. The van der Waals surface area contributed by atoms with Gasteiger partial charge in [-0.3, -0.25) is 0 Å². The van der Waals surface area contributed by atoms with Crippen LogP contribution in [0.4, 0.5) is 13.6 Å². The van der Waals surface area contributed by atoms with Gasteiger partial charge in [-0.15, -0.1) is 11.6 Å². The van der Waals surface area contributed by atoms with E-state index >= 15 is 0 Å². The Morgan fingerprint density at radius 3 is 2.14 bits per heavy atom. The van der Waals surface area contributed by atoms with E-state index in [4.69, 9.17) is 16.3 Å². The van der Waals surface area contributed by atoms with E-state index in [0.717, 1.165) is 12.5 Å². The van der Waals surface area contributed by atoms with Crippen LogP contribution in [0.3, 0.4) is 0 Å². The first-order valence-electron chi connectivity index (χ1n) is 6.59. The van der Waals surface area contributed by atoms with Crippen molar-refractivity contribution < 1.29 is 18.3 Å². The van der Waals surface area contributed by atoms with Crippen molar-refractivity contribution in [3.05, 3.63) is 35.4 Å². The van der Waals surface area contributed by atoms with Crippen molar-refractivity contribution in [1.82, 2.24) is 5.32 Å². The number of alkyl halides is 1. The van der Waals surface area contributed by atoms with Crippen molar-refractivity contribution in [2.24, 2.45) is 0 Å². The Hall–Kier alpha value is -1.36. The number of amides is 1. The highest BCUT2D eigenvalue weighted by Gasteiger charge is 2.15. The van der Waals surface area contributed by atoms with E-state index in [1.807, 2.05) is 20.8 Å². The summed E-state index contributed by atoms with van der Waals surface area (Å²) in [4.78, 5) is 11.0. The van der Waals surface area contributed by atoms with E-state index in [2.05, 4.69) is 5.32 Å². The molecule has 1 aromatic carbocycles. The maximum atomic E-state index is 12.2. The molecule has 0 radical (unpaired) electrons. The van der Waals surface area contributed by atoms with Gasteiger partial charge >= 0.3 is 6.09 Å². The van der Waals surface area contributed by atoms with Gasteiger partial charge in [-0.2, -0.15) is 0 Å². The van der Waals surface area contributed by atoms with Gasteiger partial charge in [-0.05, 0) is 51.8 Å². The molecule has 1 N–H and O–H groups in total. The Bertz CT molecular complexity index is 397. The molecule has 1 amide bonds. The second kappa shape index (κ2) is 9.55. The Balaban J connectivity index is 0.000000394. The van der Waals surface area contributed by atoms with Crippen LogP contribution < -0.4 is 5.32 Å². The van der Waals surface area contributed by atoms with Gasteiger partial charge in [0.05, 0.1) is 0 Å². The monoisotopic (exact) mass is 321 g/mol. The number of benzene rings is 1. The molecule has 1 aromatic rings. The minimum atomic E-state index is -0.521. The Morgan fingerprint density at radius 1 is 1.24 bits per heavy atom. The first kappa shape index (κ1) is 19.6. The molecule has 120 valence electrons. The van der Waals surface area contributed by atoms with Crippen LogP contribution in [0.5, 0.6) is 0 Å². The molecule has 0 fully saturated rings. The lowest BCUT2D eigenvalue weighted by atomic mass is 10.2. The molecule has 21 heavy (non-hydrogen) atoms. The van der Waals surface area contributed by atoms with Gasteiger partial charge in [0, 0.05) is 18.5 Å². The molecule has 0 atom stereocenters. The first-order valence-corrected chi connectivity index (χ1v) is 7.13. The van der Waals surface area contributed by atoms with Crippen LogP contribution in [0.25, 0.3) is 0 Å². The van der Waals surface area contributed by atoms with Crippen LogP contribution in [0.1, 0.15) is 32.8 Å². The van der Waals surface area contributed by atoms with Crippen molar-refractivity contribution >= 4 is 17.7 Å². The van der Waals surface area contributed by atoms with Crippen LogP contribution >= 0.6 is 11.6 Å². The molecule has 0 saturated carbocycles. The fourth-order valence-corrected chi connectivity index (χ4v) is 1.40. The highest BCUT2D eigenvalue weighted by Crippen LogP contribution is 2.06. The molecular weight excluding hydrogens is 300 g/mol. The molecule has 0 aliphatic rings. The van der Waals surface area contributed by atoms with Crippen LogP contribution in [0, 0.1) is 18.6 Å². The molecule has 0 aromatic heterocycles. The van der Waals surface area contributed by atoms with E-state index in [0.29, 0.717) is 18.0 Å². The van der Waals surface area contributed by atoms with Gasteiger partial charge in [-0.1, -0.05) is 0 Å². The molecule has 0 saturated heterocycles. The summed E-state index contributed by atoms with van der Waals surface area (Å²) in [6.07, 6.45) is 0.383. The van der Waals surface area contributed by atoms with E-state index in [-0.39, 0.29) is 6.09 Å². The normalized spacial score (nSPS) is 10.4. The highest BCUT2D eigenvalue weighted by atomic mass is 35.5. The number of alkyl carbamates (subject to hydrolysis) is 1. The van der Waals surface area contributed by atoms with Crippen LogP contribution in [-0.2, 0) is 4.74 Å². The summed E-state index contributed by atoms with van der Waals surface area (Å²) in [7, 11) is 0. The number of nitrogens with one attached hydrogen (secondary N) is 1. The fraction of sp³-hybridized carbons (Fsp3) is 0.533. The van der Waals surface area contributed by atoms with Crippen LogP contribution in [0.15, 0.2) is 18.2 Å². The molecule has 1 rings (SSSR count). The molecule has 0 heterocycles. The van der Waals surface area contributed by atoms with Crippen molar-refractivity contribution in [3.8, 4) is 0 Å². The summed E-state index contributed by atoms with van der Waals surface area (Å²) in [6.45, 7) is 7.70. The first-order chi connectivity index (χ1) is 9.64. The molecule has 3 nitrogen and oxygen atoms in total.